The van der Waals surface area contributed by atoms with Gasteiger partial charge in [-0.2, -0.15) is 30.7 Å². The first-order chi connectivity index (χ1) is 32.9. The standard InChI is InChI=1S/C34H44N8O4.C15H18N4O2/c43-25-21-41(22-26-44)33-7-3-29(4-8-33)35-37-31-11-17-39(18-12-31)15-1-2-16-40-19-13-32(14-20-40)38-36-30-5-9-34(10-6-30)42(23-27-45)24-28-46;20-11-9-19(10-12-21)15-3-1-13(2-4-15)17-18-14-5-7-16-8-6-14/h3-14,17-20,43-46H,1-2,15-16,21-28H2;1-8,20-21H,9-12H2/q+2;. The topological polar surface area (TPSA) is 226 Å². The highest BCUT2D eigenvalue weighted by atomic mass is 16.3. The Balaban J connectivity index is 0.000000333. The molecule has 6 N–H and O–H groups in total. The van der Waals surface area contributed by atoms with Crippen LogP contribution in [0.25, 0.3) is 0 Å². The molecule has 6 rings (SSSR count). The molecule has 0 aliphatic heterocycles. The van der Waals surface area contributed by atoms with E-state index < -0.39 is 0 Å². The Morgan fingerprint density at radius 2 is 0.567 bits per heavy atom. The maximum Gasteiger partial charge on any atom is 0.171 e. The Bertz CT molecular complexity index is 2210. The Morgan fingerprint density at radius 3 is 0.821 bits per heavy atom. The fourth-order valence-electron chi connectivity index (χ4n) is 6.70. The summed E-state index contributed by atoms with van der Waals surface area (Å²) in [6, 6.07) is 34.0. The van der Waals surface area contributed by atoms with E-state index in [0.29, 0.717) is 39.3 Å². The molecule has 352 valence electrons. The first kappa shape index (κ1) is 51.1. The van der Waals surface area contributed by atoms with Gasteiger partial charge in [-0.15, -0.1) is 0 Å². The van der Waals surface area contributed by atoms with Crippen molar-refractivity contribution in [2.75, 3.05) is 93.6 Å². The Kier molecular flexibility index (Phi) is 22.5. The van der Waals surface area contributed by atoms with Crippen LogP contribution in [0.2, 0.25) is 0 Å². The van der Waals surface area contributed by atoms with Gasteiger partial charge in [0.15, 0.2) is 24.8 Å². The second-order valence-corrected chi connectivity index (χ2v) is 15.0. The van der Waals surface area contributed by atoms with Crippen LogP contribution in [0.3, 0.4) is 0 Å². The van der Waals surface area contributed by atoms with E-state index in [2.05, 4.69) is 44.8 Å². The minimum atomic E-state index is 0.0243. The third-order valence-electron chi connectivity index (χ3n) is 10.2. The Labute approximate surface area is 391 Å². The van der Waals surface area contributed by atoms with Gasteiger partial charge in [0.2, 0.25) is 0 Å². The number of hydrogen-bond acceptors (Lipinski definition) is 16. The van der Waals surface area contributed by atoms with Gasteiger partial charge >= 0.3 is 0 Å². The molecule has 0 aliphatic carbocycles. The summed E-state index contributed by atoms with van der Waals surface area (Å²) in [6.45, 7) is 4.81. The lowest BCUT2D eigenvalue weighted by Crippen LogP contribution is -2.35. The van der Waals surface area contributed by atoms with Crippen molar-refractivity contribution in [3.63, 3.8) is 0 Å². The summed E-state index contributed by atoms with van der Waals surface area (Å²) in [5.74, 6) is 0. The molecule has 0 amide bonds. The number of aromatic nitrogens is 3. The van der Waals surface area contributed by atoms with Gasteiger partial charge in [0.25, 0.3) is 0 Å². The molecule has 0 saturated heterocycles. The van der Waals surface area contributed by atoms with Gasteiger partial charge in [-0.3, -0.25) is 4.98 Å². The van der Waals surface area contributed by atoms with Crippen LogP contribution in [-0.4, -0.2) is 115 Å². The molecule has 0 aliphatic rings. The molecule has 3 aromatic heterocycles. The number of benzene rings is 3. The molecule has 0 unspecified atom stereocenters. The number of aliphatic hydroxyl groups is 6. The molecule has 0 atom stereocenters. The van der Waals surface area contributed by atoms with E-state index in [4.69, 9.17) is 10.2 Å². The average molecular weight is 915 g/mol. The van der Waals surface area contributed by atoms with Crippen LogP contribution in [0.15, 0.2) is 177 Å². The number of nitrogens with zero attached hydrogens (tertiary/aromatic N) is 12. The average Bonchev–Trinajstić information content (AvgIpc) is 3.37. The highest BCUT2D eigenvalue weighted by Crippen LogP contribution is 2.25. The van der Waals surface area contributed by atoms with E-state index in [-0.39, 0.29) is 39.6 Å². The number of unbranched alkanes of at least 4 members (excludes halogenated alkanes) is 1. The number of aliphatic hydroxyl groups excluding tert-OH is 6. The van der Waals surface area contributed by atoms with Crippen LogP contribution < -0.4 is 23.8 Å². The fourth-order valence-corrected chi connectivity index (χ4v) is 6.70. The van der Waals surface area contributed by atoms with E-state index in [1.54, 1.807) is 24.5 Å². The summed E-state index contributed by atoms with van der Waals surface area (Å²) in [7, 11) is 0. The van der Waals surface area contributed by atoms with Crippen molar-refractivity contribution in [2.24, 2.45) is 30.7 Å². The maximum absolute atomic E-state index is 9.23. The Hall–Kier alpha value is -6.93. The summed E-state index contributed by atoms with van der Waals surface area (Å²) < 4.78 is 4.28. The molecule has 0 fully saturated rings. The number of pyridine rings is 3. The van der Waals surface area contributed by atoms with Crippen LogP contribution in [0.1, 0.15) is 12.8 Å². The molecule has 6 aromatic rings. The fraction of sp³-hybridized carbons (Fsp3) is 0.327. The lowest BCUT2D eigenvalue weighted by Gasteiger charge is -2.22. The molecule has 0 spiro atoms. The van der Waals surface area contributed by atoms with Crippen molar-refractivity contribution in [1.29, 1.82) is 0 Å². The number of rotatable bonds is 26. The van der Waals surface area contributed by atoms with E-state index in [1.807, 2.05) is 137 Å². The highest BCUT2D eigenvalue weighted by Gasteiger charge is 2.09. The van der Waals surface area contributed by atoms with Crippen LogP contribution in [-0.2, 0) is 13.1 Å². The lowest BCUT2D eigenvalue weighted by atomic mass is 10.2. The van der Waals surface area contributed by atoms with Crippen molar-refractivity contribution in [3.05, 3.63) is 146 Å². The van der Waals surface area contributed by atoms with E-state index in [0.717, 1.165) is 77.1 Å². The molecule has 18 nitrogen and oxygen atoms in total. The minimum absolute atomic E-state index is 0.0243. The number of azo groups is 3. The van der Waals surface area contributed by atoms with Crippen molar-refractivity contribution < 1.29 is 39.8 Å². The maximum atomic E-state index is 9.23. The second-order valence-electron chi connectivity index (χ2n) is 15.0. The second kappa shape index (κ2) is 29.6. The van der Waals surface area contributed by atoms with Crippen LogP contribution in [0.4, 0.5) is 51.2 Å². The summed E-state index contributed by atoms with van der Waals surface area (Å²) in [6.07, 6.45) is 13.4. The number of anilines is 3. The first-order valence-corrected chi connectivity index (χ1v) is 22.3. The summed E-state index contributed by atoms with van der Waals surface area (Å²) >= 11 is 0. The number of hydrogen-bond donors (Lipinski definition) is 6. The Morgan fingerprint density at radius 1 is 0.328 bits per heavy atom. The number of aryl methyl sites for hydroxylation is 2. The van der Waals surface area contributed by atoms with Gasteiger partial charge in [0, 0.05) is 106 Å². The van der Waals surface area contributed by atoms with E-state index >= 15 is 0 Å². The zero-order chi connectivity index (χ0) is 47.3. The molecule has 3 heterocycles. The summed E-state index contributed by atoms with van der Waals surface area (Å²) in [5, 5.41) is 80.6. The van der Waals surface area contributed by atoms with Crippen LogP contribution >= 0.6 is 0 Å². The van der Waals surface area contributed by atoms with Gasteiger partial charge in [-0.1, -0.05) is 0 Å². The monoisotopic (exact) mass is 914 g/mol. The van der Waals surface area contributed by atoms with Gasteiger partial charge in [0.1, 0.15) is 13.1 Å². The smallest absolute Gasteiger partial charge is 0.171 e. The highest BCUT2D eigenvalue weighted by molar-refractivity contribution is 5.55. The van der Waals surface area contributed by atoms with Gasteiger partial charge in [-0.05, 0) is 84.9 Å². The molecule has 0 saturated carbocycles. The van der Waals surface area contributed by atoms with Crippen molar-refractivity contribution in [1.82, 2.24) is 4.98 Å². The predicted octanol–water partition coefficient (Wildman–Crippen LogP) is 6.44. The predicted molar refractivity (Wildman–Crippen MR) is 258 cm³/mol. The molecule has 0 bridgehead atoms. The van der Waals surface area contributed by atoms with Gasteiger partial charge < -0.3 is 45.3 Å². The van der Waals surface area contributed by atoms with E-state index in [1.165, 1.54) is 0 Å². The molecule has 67 heavy (non-hydrogen) atoms. The van der Waals surface area contributed by atoms with E-state index in [9.17, 15) is 20.4 Å². The molecular weight excluding hydrogens is 853 g/mol. The third kappa shape index (κ3) is 18.1. The zero-order valence-corrected chi connectivity index (χ0v) is 37.7. The summed E-state index contributed by atoms with van der Waals surface area (Å²) in [5.41, 5.74) is 7.26. The molecule has 3 aromatic carbocycles. The minimum Gasteiger partial charge on any atom is -0.395 e. The van der Waals surface area contributed by atoms with Crippen LogP contribution in [0, 0.1) is 0 Å². The quantitative estimate of drug-likeness (QED) is 0.0198. The lowest BCUT2D eigenvalue weighted by molar-refractivity contribution is -0.708. The SMILES string of the molecule is OCCN(CCO)c1ccc(N=Nc2cc[n+](CCCC[n+]3ccc(N=Nc4ccc(N(CCO)CCO)cc4)cc3)cc2)cc1.OCCN(CCO)c1ccc(N=Nc2ccncc2)cc1. The third-order valence-corrected chi connectivity index (χ3v) is 10.2. The van der Waals surface area contributed by atoms with Gasteiger partial charge in [0.05, 0.1) is 73.8 Å². The molecule has 0 radical (unpaired) electrons. The largest absolute Gasteiger partial charge is 0.395 e. The van der Waals surface area contributed by atoms with Crippen molar-refractivity contribution in [2.45, 2.75) is 25.9 Å². The van der Waals surface area contributed by atoms with Gasteiger partial charge in [-0.25, -0.2) is 9.13 Å². The summed E-state index contributed by atoms with van der Waals surface area (Å²) in [4.78, 5) is 9.66. The molecule has 18 heteroatoms. The van der Waals surface area contributed by atoms with Crippen molar-refractivity contribution >= 4 is 51.2 Å². The van der Waals surface area contributed by atoms with Crippen LogP contribution in [0.5, 0.6) is 0 Å². The zero-order valence-electron chi connectivity index (χ0n) is 37.7. The normalized spacial score (nSPS) is 11.3. The first-order valence-electron chi connectivity index (χ1n) is 22.3. The van der Waals surface area contributed by atoms with Crippen molar-refractivity contribution in [3.8, 4) is 0 Å². The molecular formula is C49H62N12O6+2.